The third kappa shape index (κ3) is 6.22. The van der Waals surface area contributed by atoms with E-state index in [-0.39, 0.29) is 11.7 Å². The van der Waals surface area contributed by atoms with E-state index in [4.69, 9.17) is 4.74 Å². The highest BCUT2D eigenvalue weighted by molar-refractivity contribution is 6.07. The third-order valence-electron chi connectivity index (χ3n) is 6.00. The Morgan fingerprint density at radius 3 is 2.24 bits per heavy atom. The van der Waals surface area contributed by atoms with Crippen LogP contribution in [-0.2, 0) is 6.61 Å². The second-order valence-electron chi connectivity index (χ2n) is 8.55. The fourth-order valence-electron chi connectivity index (χ4n) is 4.10. The van der Waals surface area contributed by atoms with Gasteiger partial charge in [0.05, 0.1) is 11.4 Å². The fraction of sp³-hybridized carbons (Fsp3) is 0.286. The molecule has 1 amide bonds. The summed E-state index contributed by atoms with van der Waals surface area (Å²) in [6, 6.07) is 22.9. The lowest BCUT2D eigenvalue weighted by molar-refractivity contribution is 0.101. The molecule has 0 aliphatic heterocycles. The van der Waals surface area contributed by atoms with Crippen LogP contribution in [0.5, 0.6) is 5.75 Å². The summed E-state index contributed by atoms with van der Waals surface area (Å²) in [6.45, 7) is 2.00. The van der Waals surface area contributed by atoms with Gasteiger partial charge in [-0.25, -0.2) is 0 Å². The van der Waals surface area contributed by atoms with Crippen molar-refractivity contribution < 1.29 is 14.3 Å². The van der Waals surface area contributed by atoms with Gasteiger partial charge in [0.15, 0.2) is 5.78 Å². The van der Waals surface area contributed by atoms with Crippen LogP contribution in [-0.4, -0.2) is 17.7 Å². The van der Waals surface area contributed by atoms with Gasteiger partial charge in [-0.1, -0.05) is 49.6 Å². The number of hydrogen-bond acceptors (Lipinski definition) is 4. The average Bonchev–Trinajstić information content (AvgIpc) is 2.85. The van der Waals surface area contributed by atoms with E-state index in [1.165, 1.54) is 26.2 Å². The van der Waals surface area contributed by atoms with E-state index in [0.29, 0.717) is 35.2 Å². The summed E-state index contributed by atoms with van der Waals surface area (Å²) in [5.74, 6) is 0.445. The summed E-state index contributed by atoms with van der Waals surface area (Å²) in [7, 11) is 0. The van der Waals surface area contributed by atoms with Crippen molar-refractivity contribution in [2.45, 2.75) is 51.7 Å². The van der Waals surface area contributed by atoms with E-state index < -0.39 is 0 Å². The molecule has 0 heterocycles. The number of benzene rings is 3. The first-order valence-electron chi connectivity index (χ1n) is 11.6. The molecule has 0 spiro atoms. The predicted molar refractivity (Wildman–Crippen MR) is 132 cm³/mol. The SMILES string of the molecule is CC(=O)c1ccc(NC2CCCCC2)c(NC(=O)c2ccc(OCc3ccccc3)cc2)c1. The minimum atomic E-state index is -0.225. The summed E-state index contributed by atoms with van der Waals surface area (Å²) >= 11 is 0. The van der Waals surface area contributed by atoms with Gasteiger partial charge in [-0.15, -0.1) is 0 Å². The first kappa shape index (κ1) is 22.6. The van der Waals surface area contributed by atoms with Gasteiger partial charge in [0, 0.05) is 17.2 Å². The maximum absolute atomic E-state index is 13.0. The van der Waals surface area contributed by atoms with Gasteiger partial charge in [0.2, 0.25) is 0 Å². The number of rotatable bonds is 8. The molecule has 170 valence electrons. The van der Waals surface area contributed by atoms with Crippen LogP contribution in [0.2, 0.25) is 0 Å². The lowest BCUT2D eigenvalue weighted by Crippen LogP contribution is -2.23. The highest BCUT2D eigenvalue weighted by Crippen LogP contribution is 2.29. The van der Waals surface area contributed by atoms with Crippen LogP contribution < -0.4 is 15.4 Å². The van der Waals surface area contributed by atoms with Crippen molar-refractivity contribution in [1.29, 1.82) is 0 Å². The molecule has 4 rings (SSSR count). The standard InChI is InChI=1S/C28H30N2O3/c1-20(31)23-14-17-26(29-24-10-6-3-7-11-24)27(18-23)30-28(32)22-12-15-25(16-13-22)33-19-21-8-4-2-5-9-21/h2,4-5,8-9,12-18,24,29H,3,6-7,10-11,19H2,1H3,(H,30,32). The zero-order valence-corrected chi connectivity index (χ0v) is 19.0. The van der Waals surface area contributed by atoms with Crippen molar-refractivity contribution >= 4 is 23.1 Å². The van der Waals surface area contributed by atoms with Crippen molar-refractivity contribution in [1.82, 2.24) is 0 Å². The van der Waals surface area contributed by atoms with Gasteiger partial charge >= 0.3 is 0 Å². The first-order valence-corrected chi connectivity index (χ1v) is 11.6. The van der Waals surface area contributed by atoms with Crippen LogP contribution in [0.15, 0.2) is 72.8 Å². The Bertz CT molecular complexity index is 1090. The number of carbonyl (C=O) groups is 2. The zero-order valence-electron chi connectivity index (χ0n) is 19.0. The number of Topliss-reactive ketones (excluding diaryl/α,β-unsaturated/α-hetero) is 1. The Morgan fingerprint density at radius 1 is 0.848 bits per heavy atom. The number of anilines is 2. The van der Waals surface area contributed by atoms with Crippen molar-refractivity contribution in [3.63, 3.8) is 0 Å². The monoisotopic (exact) mass is 442 g/mol. The number of amides is 1. The zero-order chi connectivity index (χ0) is 23.0. The molecule has 3 aromatic rings. The molecular weight excluding hydrogens is 412 g/mol. The summed E-state index contributed by atoms with van der Waals surface area (Å²) in [5, 5.41) is 6.56. The summed E-state index contributed by atoms with van der Waals surface area (Å²) < 4.78 is 5.81. The minimum absolute atomic E-state index is 0.0327. The summed E-state index contributed by atoms with van der Waals surface area (Å²) in [6.07, 6.45) is 5.93. The number of nitrogens with one attached hydrogen (secondary N) is 2. The Balaban J connectivity index is 1.44. The fourth-order valence-corrected chi connectivity index (χ4v) is 4.10. The Labute approximate surface area is 195 Å². The van der Waals surface area contributed by atoms with Crippen LogP contribution in [0.25, 0.3) is 0 Å². The molecular formula is C28H30N2O3. The predicted octanol–water partition coefficient (Wildman–Crippen LogP) is 6.47. The van der Waals surface area contributed by atoms with Gasteiger partial charge in [0.25, 0.3) is 5.91 Å². The summed E-state index contributed by atoms with van der Waals surface area (Å²) in [5.41, 5.74) is 3.66. The van der Waals surface area contributed by atoms with E-state index >= 15 is 0 Å². The quantitative estimate of drug-likeness (QED) is 0.393. The Morgan fingerprint density at radius 2 is 1.55 bits per heavy atom. The molecule has 5 nitrogen and oxygen atoms in total. The third-order valence-corrected chi connectivity index (χ3v) is 6.00. The molecule has 1 fully saturated rings. The Hall–Kier alpha value is -3.60. The highest BCUT2D eigenvalue weighted by Gasteiger charge is 2.17. The average molecular weight is 443 g/mol. The van der Waals surface area contributed by atoms with E-state index in [1.54, 1.807) is 30.3 Å². The van der Waals surface area contributed by atoms with Crippen LogP contribution in [0.3, 0.4) is 0 Å². The topological polar surface area (TPSA) is 67.4 Å². The number of ether oxygens (including phenoxy) is 1. The lowest BCUT2D eigenvalue weighted by atomic mass is 9.95. The summed E-state index contributed by atoms with van der Waals surface area (Å²) in [4.78, 5) is 24.9. The van der Waals surface area contributed by atoms with Crippen LogP contribution in [0.1, 0.15) is 65.3 Å². The molecule has 1 aliphatic carbocycles. The second-order valence-corrected chi connectivity index (χ2v) is 8.55. The maximum Gasteiger partial charge on any atom is 0.255 e. The van der Waals surface area contributed by atoms with Gasteiger partial charge in [-0.3, -0.25) is 9.59 Å². The van der Waals surface area contributed by atoms with Gasteiger partial charge < -0.3 is 15.4 Å². The van der Waals surface area contributed by atoms with Gasteiger partial charge in [-0.05, 0) is 67.8 Å². The van der Waals surface area contributed by atoms with Crippen molar-refractivity contribution in [2.24, 2.45) is 0 Å². The normalized spacial score (nSPS) is 13.8. The highest BCUT2D eigenvalue weighted by atomic mass is 16.5. The molecule has 2 N–H and O–H groups in total. The van der Waals surface area contributed by atoms with Crippen molar-refractivity contribution in [3.8, 4) is 5.75 Å². The maximum atomic E-state index is 13.0. The molecule has 0 atom stereocenters. The molecule has 33 heavy (non-hydrogen) atoms. The largest absolute Gasteiger partial charge is 0.489 e. The van der Waals surface area contributed by atoms with Crippen molar-refractivity contribution in [3.05, 3.63) is 89.5 Å². The van der Waals surface area contributed by atoms with Crippen LogP contribution in [0, 0.1) is 0 Å². The molecule has 0 radical (unpaired) electrons. The molecule has 3 aromatic carbocycles. The van der Waals surface area contributed by atoms with Crippen molar-refractivity contribution in [2.75, 3.05) is 10.6 Å². The molecule has 0 saturated heterocycles. The number of ketones is 1. The molecule has 1 saturated carbocycles. The number of carbonyl (C=O) groups excluding carboxylic acids is 2. The van der Waals surface area contributed by atoms with E-state index in [1.807, 2.05) is 42.5 Å². The molecule has 0 unspecified atom stereocenters. The van der Waals surface area contributed by atoms with Crippen LogP contribution in [0.4, 0.5) is 11.4 Å². The van der Waals surface area contributed by atoms with E-state index in [2.05, 4.69) is 10.6 Å². The molecule has 0 aromatic heterocycles. The first-order chi connectivity index (χ1) is 16.1. The smallest absolute Gasteiger partial charge is 0.255 e. The van der Waals surface area contributed by atoms with E-state index in [0.717, 1.165) is 24.1 Å². The molecule has 1 aliphatic rings. The Kier molecular flexibility index (Phi) is 7.40. The molecule has 5 heteroatoms. The van der Waals surface area contributed by atoms with Gasteiger partial charge in [0.1, 0.15) is 12.4 Å². The number of hydrogen-bond donors (Lipinski definition) is 2. The lowest BCUT2D eigenvalue weighted by Gasteiger charge is -2.25. The van der Waals surface area contributed by atoms with Gasteiger partial charge in [-0.2, -0.15) is 0 Å². The molecule has 0 bridgehead atoms. The van der Waals surface area contributed by atoms with Crippen LogP contribution >= 0.6 is 0 Å². The minimum Gasteiger partial charge on any atom is -0.489 e. The second kappa shape index (κ2) is 10.8. The van der Waals surface area contributed by atoms with E-state index in [9.17, 15) is 9.59 Å².